The van der Waals surface area contributed by atoms with Crippen molar-refractivity contribution >= 4 is 29.1 Å². The molecule has 5 rings (SSSR count). The Morgan fingerprint density at radius 3 is 2.70 bits per heavy atom. The summed E-state index contributed by atoms with van der Waals surface area (Å²) in [6.07, 6.45) is 5.18. The monoisotopic (exact) mass is 468 g/mol. The molecule has 1 aromatic carbocycles. The molecule has 2 saturated heterocycles. The molecule has 2 aliphatic heterocycles. The zero-order chi connectivity index (χ0) is 23.2. The summed E-state index contributed by atoms with van der Waals surface area (Å²) in [6.45, 7) is 7.06. The Morgan fingerprint density at radius 1 is 1.27 bits per heavy atom. The molecule has 0 aliphatic carbocycles. The Bertz CT molecular complexity index is 1200. The quantitative estimate of drug-likeness (QED) is 0.588. The molecule has 10 heteroatoms. The van der Waals surface area contributed by atoms with E-state index in [0.717, 1.165) is 31.9 Å². The summed E-state index contributed by atoms with van der Waals surface area (Å²) in [5.74, 6) is 0.874. The highest BCUT2D eigenvalue weighted by atomic mass is 35.5. The van der Waals surface area contributed by atoms with Crippen molar-refractivity contribution in [3.8, 4) is 17.0 Å². The van der Waals surface area contributed by atoms with Gasteiger partial charge in [-0.3, -0.25) is 9.48 Å². The molecule has 2 fully saturated rings. The first kappa shape index (κ1) is 21.7. The van der Waals surface area contributed by atoms with Gasteiger partial charge in [0, 0.05) is 36.5 Å². The molecule has 1 amide bonds. The van der Waals surface area contributed by atoms with Crippen molar-refractivity contribution in [3.05, 3.63) is 47.4 Å². The molecule has 0 saturated carbocycles. The molecule has 33 heavy (non-hydrogen) atoms. The van der Waals surface area contributed by atoms with Gasteiger partial charge in [-0.25, -0.2) is 9.97 Å². The molecule has 0 radical (unpaired) electrons. The molecule has 1 spiro atoms. The van der Waals surface area contributed by atoms with Gasteiger partial charge in [-0.05, 0) is 32.0 Å². The standard InChI is InChI=1S/C23H25ClN6O3/c1-14(2)30-9-16(7-26-30)20-17(24)8-25-22(28-20)27-18-5-4-15(6-19(18)32-3)21(31)29-10-23(11-29)12-33-13-23/h4-9,14H,10-13H2,1-3H3,(H,25,27,28). The normalized spacial score (nSPS) is 16.5. The average molecular weight is 469 g/mol. The minimum Gasteiger partial charge on any atom is -0.495 e. The van der Waals surface area contributed by atoms with Gasteiger partial charge in [0.25, 0.3) is 5.91 Å². The van der Waals surface area contributed by atoms with E-state index < -0.39 is 0 Å². The SMILES string of the molecule is COc1cc(C(=O)N2CC3(COC3)C2)ccc1Nc1ncc(Cl)c(-c2cnn(C(C)C)c2)n1. The maximum Gasteiger partial charge on any atom is 0.254 e. The van der Waals surface area contributed by atoms with E-state index in [9.17, 15) is 4.79 Å². The van der Waals surface area contributed by atoms with E-state index in [2.05, 4.69) is 20.4 Å². The molecule has 0 bridgehead atoms. The Balaban J connectivity index is 1.35. The highest BCUT2D eigenvalue weighted by Crippen LogP contribution is 2.39. The molecule has 2 aromatic heterocycles. The minimum atomic E-state index is -0.00966. The molecule has 4 heterocycles. The largest absolute Gasteiger partial charge is 0.495 e. The lowest BCUT2D eigenvalue weighted by molar-refractivity contribution is -0.176. The lowest BCUT2D eigenvalue weighted by Crippen LogP contribution is -2.67. The molecule has 0 atom stereocenters. The molecular weight excluding hydrogens is 444 g/mol. The Hall–Kier alpha value is -3.17. The highest BCUT2D eigenvalue weighted by Gasteiger charge is 2.50. The van der Waals surface area contributed by atoms with Crippen molar-refractivity contribution in [1.82, 2.24) is 24.6 Å². The Morgan fingerprint density at radius 2 is 2.06 bits per heavy atom. The van der Waals surface area contributed by atoms with Gasteiger partial charge < -0.3 is 19.7 Å². The maximum atomic E-state index is 12.8. The number of ether oxygens (including phenoxy) is 2. The zero-order valence-corrected chi connectivity index (χ0v) is 19.5. The van der Waals surface area contributed by atoms with Crippen molar-refractivity contribution < 1.29 is 14.3 Å². The van der Waals surface area contributed by atoms with Crippen molar-refractivity contribution in [2.45, 2.75) is 19.9 Å². The van der Waals surface area contributed by atoms with E-state index in [4.69, 9.17) is 21.1 Å². The van der Waals surface area contributed by atoms with Gasteiger partial charge in [0.1, 0.15) is 5.75 Å². The van der Waals surface area contributed by atoms with Crippen molar-refractivity contribution in [2.24, 2.45) is 5.41 Å². The first-order chi connectivity index (χ1) is 15.9. The third kappa shape index (κ3) is 4.02. The van der Waals surface area contributed by atoms with Crippen LogP contribution in [-0.4, -0.2) is 64.0 Å². The van der Waals surface area contributed by atoms with E-state index in [1.54, 1.807) is 37.7 Å². The van der Waals surface area contributed by atoms with Crippen molar-refractivity contribution in [3.63, 3.8) is 0 Å². The van der Waals surface area contributed by atoms with Gasteiger partial charge in [-0.15, -0.1) is 0 Å². The lowest BCUT2D eigenvalue weighted by atomic mass is 9.78. The number of aromatic nitrogens is 4. The van der Waals surface area contributed by atoms with Gasteiger partial charge >= 0.3 is 0 Å². The van der Waals surface area contributed by atoms with Crippen LogP contribution < -0.4 is 10.1 Å². The average Bonchev–Trinajstić information content (AvgIpc) is 3.23. The third-order valence-corrected chi connectivity index (χ3v) is 6.28. The van der Waals surface area contributed by atoms with Gasteiger partial charge in [-0.1, -0.05) is 11.6 Å². The van der Waals surface area contributed by atoms with Gasteiger partial charge in [0.15, 0.2) is 0 Å². The van der Waals surface area contributed by atoms with Crippen molar-refractivity contribution in [1.29, 1.82) is 0 Å². The van der Waals surface area contributed by atoms with Gasteiger partial charge in [0.2, 0.25) is 5.95 Å². The lowest BCUT2D eigenvalue weighted by Gasteiger charge is -2.54. The summed E-state index contributed by atoms with van der Waals surface area (Å²) < 4.78 is 12.7. The topological polar surface area (TPSA) is 94.4 Å². The molecule has 1 N–H and O–H groups in total. The second-order valence-electron chi connectivity index (χ2n) is 8.89. The minimum absolute atomic E-state index is 0.00966. The maximum absolute atomic E-state index is 12.8. The number of halogens is 1. The summed E-state index contributed by atoms with van der Waals surface area (Å²) in [7, 11) is 1.56. The van der Waals surface area contributed by atoms with E-state index in [-0.39, 0.29) is 17.4 Å². The number of carbonyl (C=O) groups excluding carboxylic acids is 1. The number of rotatable bonds is 6. The summed E-state index contributed by atoms with van der Waals surface area (Å²) in [5, 5.41) is 7.96. The molecule has 172 valence electrons. The first-order valence-corrected chi connectivity index (χ1v) is 11.1. The van der Waals surface area contributed by atoms with Crippen LogP contribution in [0.4, 0.5) is 11.6 Å². The van der Waals surface area contributed by atoms with Crippen LogP contribution in [0.3, 0.4) is 0 Å². The van der Waals surface area contributed by atoms with Crippen LogP contribution in [0.25, 0.3) is 11.3 Å². The van der Waals surface area contributed by atoms with Crippen LogP contribution in [-0.2, 0) is 4.74 Å². The van der Waals surface area contributed by atoms with Crippen LogP contribution in [0.2, 0.25) is 5.02 Å². The fourth-order valence-corrected chi connectivity index (χ4v) is 4.28. The van der Waals surface area contributed by atoms with E-state index in [1.165, 1.54) is 0 Å². The molecule has 9 nitrogen and oxygen atoms in total. The van der Waals surface area contributed by atoms with Crippen LogP contribution in [0.1, 0.15) is 30.2 Å². The number of carbonyl (C=O) groups is 1. The van der Waals surface area contributed by atoms with E-state index in [0.29, 0.717) is 33.7 Å². The molecule has 0 unspecified atom stereocenters. The van der Waals surface area contributed by atoms with E-state index >= 15 is 0 Å². The fourth-order valence-electron chi connectivity index (χ4n) is 4.08. The predicted molar refractivity (Wildman–Crippen MR) is 124 cm³/mol. The number of hydrogen-bond donors (Lipinski definition) is 1. The zero-order valence-electron chi connectivity index (χ0n) is 18.7. The number of benzene rings is 1. The summed E-state index contributed by atoms with van der Waals surface area (Å²) in [5.41, 5.74) is 2.78. The summed E-state index contributed by atoms with van der Waals surface area (Å²) in [6, 6.07) is 5.53. The first-order valence-electron chi connectivity index (χ1n) is 10.8. The smallest absolute Gasteiger partial charge is 0.254 e. The number of hydrogen-bond acceptors (Lipinski definition) is 7. The number of nitrogens with one attached hydrogen (secondary N) is 1. The van der Waals surface area contributed by atoms with E-state index in [1.807, 2.05) is 29.6 Å². The third-order valence-electron chi connectivity index (χ3n) is 6.00. The van der Waals surface area contributed by atoms with Crippen LogP contribution in [0.5, 0.6) is 5.75 Å². The highest BCUT2D eigenvalue weighted by molar-refractivity contribution is 6.32. The second kappa shape index (κ2) is 8.31. The second-order valence-corrected chi connectivity index (χ2v) is 9.29. The van der Waals surface area contributed by atoms with Crippen molar-refractivity contribution in [2.75, 3.05) is 38.7 Å². The van der Waals surface area contributed by atoms with Crippen LogP contribution in [0.15, 0.2) is 36.8 Å². The Labute approximate surface area is 196 Å². The number of amides is 1. The predicted octanol–water partition coefficient (Wildman–Crippen LogP) is 3.80. The molecule has 3 aromatic rings. The molecular formula is C23H25ClN6O3. The van der Waals surface area contributed by atoms with Crippen LogP contribution >= 0.6 is 11.6 Å². The van der Waals surface area contributed by atoms with Gasteiger partial charge in [0.05, 0.1) is 54.5 Å². The number of methoxy groups -OCH3 is 1. The number of nitrogens with zero attached hydrogens (tertiary/aromatic N) is 5. The van der Waals surface area contributed by atoms with Gasteiger partial charge in [-0.2, -0.15) is 5.10 Å². The number of likely N-dealkylation sites (tertiary alicyclic amines) is 1. The molecule has 2 aliphatic rings. The summed E-state index contributed by atoms with van der Waals surface area (Å²) >= 11 is 6.36. The fraction of sp³-hybridized carbons (Fsp3) is 0.391. The summed E-state index contributed by atoms with van der Waals surface area (Å²) in [4.78, 5) is 23.6. The van der Waals surface area contributed by atoms with Crippen LogP contribution in [0, 0.1) is 5.41 Å². The number of anilines is 2. The Kier molecular flexibility index (Phi) is 5.46.